The first kappa shape index (κ1) is 18.4. The number of amides is 1. The summed E-state index contributed by atoms with van der Waals surface area (Å²) >= 11 is 0. The average molecular weight is 353 g/mol. The van der Waals surface area contributed by atoms with Gasteiger partial charge in [0.1, 0.15) is 0 Å². The summed E-state index contributed by atoms with van der Waals surface area (Å²) in [6.45, 7) is 0. The number of aromatic nitrogens is 2. The van der Waals surface area contributed by atoms with Crippen molar-refractivity contribution >= 4 is 11.9 Å². The van der Waals surface area contributed by atoms with Crippen LogP contribution in [-0.4, -0.2) is 27.0 Å². The van der Waals surface area contributed by atoms with Gasteiger partial charge in [-0.05, 0) is 12.0 Å². The minimum Gasteiger partial charge on any atom is -0.481 e. The van der Waals surface area contributed by atoms with Crippen LogP contribution in [0.3, 0.4) is 0 Å². The van der Waals surface area contributed by atoms with Crippen LogP contribution in [0.1, 0.15) is 40.6 Å². The van der Waals surface area contributed by atoms with E-state index in [9.17, 15) is 22.8 Å². The molecule has 1 aromatic carbocycles. The molecule has 0 saturated carbocycles. The van der Waals surface area contributed by atoms with Gasteiger partial charge in [0, 0.05) is 18.8 Å². The first-order valence-corrected chi connectivity index (χ1v) is 7.24. The first-order valence-electron chi connectivity index (χ1n) is 7.24. The molecule has 0 bridgehead atoms. The number of carbonyl (C=O) groups is 2. The largest absolute Gasteiger partial charge is 0.481 e. The lowest BCUT2D eigenvalue weighted by molar-refractivity contribution is -0.145. The summed E-state index contributed by atoms with van der Waals surface area (Å²) in [5, 5.41) is 11.4. The van der Waals surface area contributed by atoms with Gasteiger partial charge in [0.25, 0.3) is 5.91 Å². The van der Waals surface area contributed by atoms with Crippen molar-refractivity contribution in [1.82, 2.24) is 15.3 Å². The van der Waals surface area contributed by atoms with Crippen LogP contribution < -0.4 is 5.32 Å². The molecule has 0 aliphatic carbocycles. The Kier molecular flexibility index (Phi) is 5.68. The lowest BCUT2D eigenvalue weighted by atomic mass is 10.0. The van der Waals surface area contributed by atoms with Crippen LogP contribution in [0, 0.1) is 0 Å². The highest BCUT2D eigenvalue weighted by Gasteiger charge is 2.34. The molecule has 2 aromatic rings. The fourth-order valence-corrected chi connectivity index (χ4v) is 2.11. The smallest absolute Gasteiger partial charge is 0.451 e. The van der Waals surface area contributed by atoms with Gasteiger partial charge in [-0.15, -0.1) is 0 Å². The second kappa shape index (κ2) is 7.73. The highest BCUT2D eigenvalue weighted by Crippen LogP contribution is 2.25. The quantitative estimate of drug-likeness (QED) is 0.833. The normalized spacial score (nSPS) is 12.4. The Morgan fingerprint density at radius 3 is 2.24 bits per heavy atom. The fraction of sp³-hybridized carbons (Fsp3) is 0.250. The topological polar surface area (TPSA) is 92.2 Å². The maximum Gasteiger partial charge on any atom is 0.451 e. The summed E-state index contributed by atoms with van der Waals surface area (Å²) in [5.74, 6) is -3.05. The lowest BCUT2D eigenvalue weighted by Gasteiger charge is -2.18. The molecule has 1 atom stereocenters. The average Bonchev–Trinajstić information content (AvgIpc) is 2.58. The van der Waals surface area contributed by atoms with Gasteiger partial charge in [-0.1, -0.05) is 30.3 Å². The molecule has 132 valence electrons. The molecular formula is C16H14F3N3O3. The molecule has 2 rings (SSSR count). The number of alkyl halides is 3. The number of hydrogen-bond acceptors (Lipinski definition) is 4. The SMILES string of the molecule is O=C(O)CCC(NC(=O)c1cnc(C(F)(F)F)nc1)c1ccccc1. The molecule has 1 heterocycles. The van der Waals surface area contributed by atoms with Crippen molar-refractivity contribution in [3.05, 3.63) is 59.7 Å². The van der Waals surface area contributed by atoms with Gasteiger partial charge < -0.3 is 10.4 Å². The number of carboxylic acids is 1. The van der Waals surface area contributed by atoms with Gasteiger partial charge in [0.05, 0.1) is 11.6 Å². The molecule has 2 N–H and O–H groups in total. The van der Waals surface area contributed by atoms with Crippen molar-refractivity contribution in [2.45, 2.75) is 25.1 Å². The zero-order chi connectivity index (χ0) is 18.4. The van der Waals surface area contributed by atoms with Gasteiger partial charge in [-0.25, -0.2) is 9.97 Å². The monoisotopic (exact) mass is 353 g/mol. The Balaban J connectivity index is 2.14. The lowest BCUT2D eigenvalue weighted by Crippen LogP contribution is -2.29. The van der Waals surface area contributed by atoms with E-state index in [0.29, 0.717) is 5.56 Å². The first-order chi connectivity index (χ1) is 11.8. The Labute approximate surface area is 140 Å². The van der Waals surface area contributed by atoms with Crippen molar-refractivity contribution in [3.63, 3.8) is 0 Å². The standard InChI is InChI=1S/C16H14F3N3O3/c17-16(18,19)15-20-8-11(9-21-15)14(25)22-12(6-7-13(23)24)10-4-2-1-3-5-10/h1-5,8-9,12H,6-7H2,(H,22,25)(H,23,24). The van der Waals surface area contributed by atoms with Gasteiger partial charge in [0.2, 0.25) is 5.82 Å². The maximum absolute atomic E-state index is 12.4. The second-order valence-corrected chi connectivity index (χ2v) is 5.16. The zero-order valence-electron chi connectivity index (χ0n) is 12.8. The molecule has 1 unspecified atom stereocenters. The van der Waals surface area contributed by atoms with Crippen LogP contribution >= 0.6 is 0 Å². The summed E-state index contributed by atoms with van der Waals surface area (Å²) in [5.41, 5.74) is 0.536. The van der Waals surface area contributed by atoms with Crippen LogP contribution in [0.2, 0.25) is 0 Å². The third-order valence-electron chi connectivity index (χ3n) is 3.32. The minimum atomic E-state index is -4.69. The van der Waals surface area contributed by atoms with E-state index in [0.717, 1.165) is 12.4 Å². The van der Waals surface area contributed by atoms with Crippen molar-refractivity contribution in [3.8, 4) is 0 Å². The molecule has 0 spiro atoms. The minimum absolute atomic E-state index is 0.132. The van der Waals surface area contributed by atoms with Crippen LogP contribution in [-0.2, 0) is 11.0 Å². The molecule has 0 aliphatic rings. The van der Waals surface area contributed by atoms with E-state index >= 15 is 0 Å². The van der Waals surface area contributed by atoms with E-state index in [1.165, 1.54) is 0 Å². The molecule has 0 aliphatic heterocycles. The molecule has 1 aromatic heterocycles. The number of rotatable bonds is 6. The highest BCUT2D eigenvalue weighted by atomic mass is 19.4. The fourth-order valence-electron chi connectivity index (χ4n) is 2.11. The number of benzene rings is 1. The van der Waals surface area contributed by atoms with E-state index in [2.05, 4.69) is 15.3 Å². The number of nitrogens with zero attached hydrogens (tertiary/aromatic N) is 2. The van der Waals surface area contributed by atoms with Crippen molar-refractivity contribution in [2.75, 3.05) is 0 Å². The Morgan fingerprint density at radius 1 is 1.12 bits per heavy atom. The molecule has 0 fully saturated rings. The van der Waals surface area contributed by atoms with Crippen LogP contribution in [0.5, 0.6) is 0 Å². The third kappa shape index (κ3) is 5.27. The molecule has 1 amide bonds. The van der Waals surface area contributed by atoms with Crippen molar-refractivity contribution in [2.24, 2.45) is 0 Å². The maximum atomic E-state index is 12.4. The second-order valence-electron chi connectivity index (χ2n) is 5.16. The predicted molar refractivity (Wildman–Crippen MR) is 80.6 cm³/mol. The van der Waals surface area contributed by atoms with Crippen molar-refractivity contribution < 1.29 is 27.9 Å². The van der Waals surface area contributed by atoms with Crippen LogP contribution in [0.15, 0.2) is 42.7 Å². The van der Waals surface area contributed by atoms with E-state index in [1.807, 2.05) is 0 Å². The molecule has 9 heteroatoms. The molecule has 25 heavy (non-hydrogen) atoms. The summed E-state index contributed by atoms with van der Waals surface area (Å²) in [4.78, 5) is 29.3. The van der Waals surface area contributed by atoms with Gasteiger partial charge in [-0.3, -0.25) is 9.59 Å². The van der Waals surface area contributed by atoms with E-state index in [4.69, 9.17) is 5.11 Å². The Morgan fingerprint density at radius 2 is 1.72 bits per heavy atom. The van der Waals surface area contributed by atoms with Gasteiger partial charge in [0.15, 0.2) is 0 Å². The Hall–Kier alpha value is -2.97. The van der Waals surface area contributed by atoms with Crippen LogP contribution in [0.25, 0.3) is 0 Å². The molecule has 0 radical (unpaired) electrons. The zero-order valence-corrected chi connectivity index (χ0v) is 12.8. The molecule has 0 saturated heterocycles. The number of halogens is 3. The predicted octanol–water partition coefficient (Wildman–Crippen LogP) is 2.83. The summed E-state index contributed by atoms with van der Waals surface area (Å²) in [7, 11) is 0. The van der Waals surface area contributed by atoms with E-state index < -0.39 is 29.9 Å². The summed E-state index contributed by atoms with van der Waals surface area (Å²) in [6.07, 6.45) is -3.17. The molecular weight excluding hydrogens is 339 g/mol. The number of nitrogens with one attached hydrogen (secondary N) is 1. The van der Waals surface area contributed by atoms with Crippen molar-refractivity contribution in [1.29, 1.82) is 0 Å². The highest BCUT2D eigenvalue weighted by molar-refractivity contribution is 5.93. The van der Waals surface area contributed by atoms with Gasteiger partial charge >= 0.3 is 12.1 Å². The number of hydrogen-bond donors (Lipinski definition) is 2. The Bertz CT molecular complexity index is 734. The summed E-state index contributed by atoms with van der Waals surface area (Å²) in [6, 6.07) is 8.06. The van der Waals surface area contributed by atoms with E-state index in [-0.39, 0.29) is 18.4 Å². The third-order valence-corrected chi connectivity index (χ3v) is 3.32. The van der Waals surface area contributed by atoms with E-state index in [1.54, 1.807) is 30.3 Å². The number of carboxylic acid groups (broad SMARTS) is 1. The number of aliphatic carboxylic acids is 1. The number of carbonyl (C=O) groups excluding carboxylic acids is 1. The molecule has 6 nitrogen and oxygen atoms in total. The summed E-state index contributed by atoms with van der Waals surface area (Å²) < 4.78 is 37.3. The van der Waals surface area contributed by atoms with Crippen LogP contribution in [0.4, 0.5) is 13.2 Å². The van der Waals surface area contributed by atoms with Gasteiger partial charge in [-0.2, -0.15) is 13.2 Å².